The highest BCUT2D eigenvalue weighted by atomic mass is 16.5. The lowest BCUT2D eigenvalue weighted by Gasteiger charge is -2.27. The Hall–Kier alpha value is -1.83. The molecular formula is C24H42N2O5. The number of carbonyl (C=O) groups is 1. The summed E-state index contributed by atoms with van der Waals surface area (Å²) in [6.45, 7) is 9.34. The van der Waals surface area contributed by atoms with E-state index in [1.54, 1.807) is 14.2 Å². The first-order chi connectivity index (χ1) is 14.7. The van der Waals surface area contributed by atoms with E-state index < -0.39 is 12.1 Å². The fraction of sp³-hybridized carbons (Fsp3) is 0.708. The molecule has 0 spiro atoms. The minimum Gasteiger partial charge on any atom is -0.493 e. The molecule has 1 amide bonds. The molecule has 0 aliphatic rings. The van der Waals surface area contributed by atoms with E-state index in [1.165, 1.54) is 0 Å². The van der Waals surface area contributed by atoms with E-state index in [0.29, 0.717) is 31.3 Å². The zero-order valence-electron chi connectivity index (χ0n) is 20.0. The van der Waals surface area contributed by atoms with Crippen LogP contribution in [0.15, 0.2) is 18.2 Å². The maximum absolute atomic E-state index is 11.7. The highest BCUT2D eigenvalue weighted by Gasteiger charge is 2.23. The maximum atomic E-state index is 11.7. The van der Waals surface area contributed by atoms with E-state index in [1.807, 2.05) is 32.0 Å². The van der Waals surface area contributed by atoms with Crippen molar-refractivity contribution in [3.63, 3.8) is 0 Å². The van der Waals surface area contributed by atoms with Crippen LogP contribution in [0, 0.1) is 17.8 Å². The Labute approximate surface area is 187 Å². The van der Waals surface area contributed by atoms with Gasteiger partial charge in [0.25, 0.3) is 0 Å². The first kappa shape index (κ1) is 27.2. The zero-order valence-corrected chi connectivity index (χ0v) is 20.0. The number of methoxy groups -OCH3 is 2. The normalized spacial score (nSPS) is 14.4. The van der Waals surface area contributed by atoms with Crippen molar-refractivity contribution in [2.45, 2.75) is 59.1 Å². The molecule has 31 heavy (non-hydrogen) atoms. The smallest absolute Gasteiger partial charge is 0.222 e. The minimum absolute atomic E-state index is 0.0806. The van der Waals surface area contributed by atoms with E-state index in [9.17, 15) is 9.90 Å². The summed E-state index contributed by atoms with van der Waals surface area (Å²) in [5, 5.41) is 13.2. The molecule has 3 atom stereocenters. The highest BCUT2D eigenvalue weighted by molar-refractivity contribution is 5.77. The molecule has 3 unspecified atom stereocenters. The number of aliphatic hydroxyl groups excluding tert-OH is 1. The molecule has 1 aromatic carbocycles. The molecule has 0 saturated heterocycles. The predicted molar refractivity (Wildman–Crippen MR) is 123 cm³/mol. The number of amides is 1. The van der Waals surface area contributed by atoms with Gasteiger partial charge in [-0.15, -0.1) is 0 Å². The fourth-order valence-electron chi connectivity index (χ4n) is 3.31. The number of nitrogens with two attached hydrogens (primary N) is 1. The van der Waals surface area contributed by atoms with Gasteiger partial charge in [-0.05, 0) is 42.4 Å². The van der Waals surface area contributed by atoms with Crippen LogP contribution in [0.3, 0.4) is 0 Å². The van der Waals surface area contributed by atoms with Crippen molar-refractivity contribution in [3.8, 4) is 11.5 Å². The Kier molecular flexibility index (Phi) is 12.5. The Morgan fingerprint density at radius 2 is 1.84 bits per heavy atom. The molecule has 1 aromatic rings. The van der Waals surface area contributed by atoms with E-state index >= 15 is 0 Å². The standard InChI is InChI=1S/C24H42N2O5/c1-16(2)19(14-20(25)21(27)15-26-24(28)17(3)4)12-18-8-9-22(30-6)23(13-18)31-11-7-10-29-5/h8-9,13,16-17,19-21,27H,7,10-12,14-15,25H2,1-6H3,(H,26,28). The number of benzene rings is 1. The third-order valence-corrected chi connectivity index (χ3v) is 5.50. The van der Waals surface area contributed by atoms with E-state index in [-0.39, 0.29) is 24.3 Å². The van der Waals surface area contributed by atoms with Gasteiger partial charge in [0.2, 0.25) is 5.91 Å². The molecule has 1 rings (SSSR count). The molecule has 0 aliphatic carbocycles. The van der Waals surface area contributed by atoms with Crippen molar-refractivity contribution >= 4 is 5.91 Å². The van der Waals surface area contributed by atoms with Crippen LogP contribution < -0.4 is 20.5 Å². The molecule has 0 heterocycles. The number of hydrogen-bond acceptors (Lipinski definition) is 6. The summed E-state index contributed by atoms with van der Waals surface area (Å²) in [5.41, 5.74) is 7.42. The van der Waals surface area contributed by atoms with Gasteiger partial charge in [-0.2, -0.15) is 0 Å². The number of rotatable bonds is 15. The summed E-state index contributed by atoms with van der Waals surface area (Å²) in [5.74, 6) is 1.89. The van der Waals surface area contributed by atoms with Gasteiger partial charge in [0.1, 0.15) is 0 Å². The predicted octanol–water partition coefficient (Wildman–Crippen LogP) is 2.78. The molecular weight excluding hydrogens is 396 g/mol. The first-order valence-corrected chi connectivity index (χ1v) is 11.2. The van der Waals surface area contributed by atoms with E-state index in [2.05, 4.69) is 19.2 Å². The van der Waals surface area contributed by atoms with Crippen LogP contribution in [0.5, 0.6) is 11.5 Å². The van der Waals surface area contributed by atoms with Gasteiger partial charge in [0.15, 0.2) is 11.5 Å². The summed E-state index contributed by atoms with van der Waals surface area (Å²) < 4.78 is 16.4. The molecule has 178 valence electrons. The fourth-order valence-corrected chi connectivity index (χ4v) is 3.31. The SMILES string of the molecule is COCCCOc1cc(CC(CC(N)C(O)CNC(=O)C(C)C)C(C)C)ccc1OC. The Morgan fingerprint density at radius 1 is 1.13 bits per heavy atom. The maximum Gasteiger partial charge on any atom is 0.222 e. The van der Waals surface area contributed by atoms with Gasteiger partial charge >= 0.3 is 0 Å². The molecule has 0 bridgehead atoms. The second-order valence-electron chi connectivity index (χ2n) is 8.76. The average Bonchev–Trinajstić information content (AvgIpc) is 2.74. The molecule has 0 aromatic heterocycles. The largest absolute Gasteiger partial charge is 0.493 e. The summed E-state index contributed by atoms with van der Waals surface area (Å²) in [6, 6.07) is 5.57. The third kappa shape index (κ3) is 9.89. The number of hydrogen-bond donors (Lipinski definition) is 3. The lowest BCUT2D eigenvalue weighted by atomic mass is 9.83. The Morgan fingerprint density at radius 3 is 2.42 bits per heavy atom. The number of nitrogens with one attached hydrogen (secondary N) is 1. The molecule has 0 radical (unpaired) electrons. The van der Waals surface area contributed by atoms with Crippen LogP contribution in [-0.4, -0.2) is 57.1 Å². The highest BCUT2D eigenvalue weighted by Crippen LogP contribution is 2.31. The van der Waals surface area contributed by atoms with Gasteiger partial charge in [-0.1, -0.05) is 33.8 Å². The van der Waals surface area contributed by atoms with Crippen molar-refractivity contribution in [2.24, 2.45) is 23.5 Å². The van der Waals surface area contributed by atoms with Crippen molar-refractivity contribution in [1.82, 2.24) is 5.32 Å². The minimum atomic E-state index is -0.778. The van der Waals surface area contributed by atoms with Gasteiger partial charge < -0.3 is 30.4 Å². The topological polar surface area (TPSA) is 103 Å². The third-order valence-electron chi connectivity index (χ3n) is 5.50. The van der Waals surface area contributed by atoms with Crippen LogP contribution in [0.1, 0.15) is 46.1 Å². The van der Waals surface area contributed by atoms with Crippen LogP contribution in [0.2, 0.25) is 0 Å². The molecule has 7 heteroatoms. The second-order valence-corrected chi connectivity index (χ2v) is 8.76. The number of ether oxygens (including phenoxy) is 3. The summed E-state index contributed by atoms with van der Waals surface area (Å²) >= 11 is 0. The monoisotopic (exact) mass is 438 g/mol. The Bertz CT molecular complexity index is 651. The van der Waals surface area contributed by atoms with Crippen LogP contribution in [0.25, 0.3) is 0 Å². The molecule has 0 aliphatic heterocycles. The molecule has 0 fully saturated rings. The van der Waals surface area contributed by atoms with Gasteiger partial charge in [-0.25, -0.2) is 0 Å². The lowest BCUT2D eigenvalue weighted by molar-refractivity contribution is -0.124. The van der Waals surface area contributed by atoms with Crippen molar-refractivity contribution in [1.29, 1.82) is 0 Å². The van der Waals surface area contributed by atoms with Gasteiger partial charge in [0, 0.05) is 38.6 Å². The first-order valence-electron chi connectivity index (χ1n) is 11.2. The zero-order chi connectivity index (χ0) is 23.4. The van der Waals surface area contributed by atoms with E-state index in [4.69, 9.17) is 19.9 Å². The number of aliphatic hydroxyl groups is 1. The summed E-state index contributed by atoms with van der Waals surface area (Å²) in [6.07, 6.45) is 1.50. The summed E-state index contributed by atoms with van der Waals surface area (Å²) in [4.78, 5) is 11.7. The van der Waals surface area contributed by atoms with Gasteiger partial charge in [-0.3, -0.25) is 4.79 Å². The molecule has 7 nitrogen and oxygen atoms in total. The van der Waals surface area contributed by atoms with Crippen LogP contribution >= 0.6 is 0 Å². The molecule has 0 saturated carbocycles. The van der Waals surface area contributed by atoms with Crippen molar-refractivity contribution < 1.29 is 24.1 Å². The number of carbonyl (C=O) groups excluding carboxylic acids is 1. The van der Waals surface area contributed by atoms with Crippen LogP contribution in [0.4, 0.5) is 0 Å². The quantitative estimate of drug-likeness (QED) is 0.364. The van der Waals surface area contributed by atoms with Crippen molar-refractivity contribution in [2.75, 3.05) is 34.0 Å². The van der Waals surface area contributed by atoms with E-state index in [0.717, 1.165) is 24.2 Å². The molecule has 4 N–H and O–H groups in total. The summed E-state index contributed by atoms with van der Waals surface area (Å²) in [7, 11) is 3.31. The van der Waals surface area contributed by atoms with Crippen molar-refractivity contribution in [3.05, 3.63) is 23.8 Å². The lowest BCUT2D eigenvalue weighted by Crippen LogP contribution is -2.45. The average molecular weight is 439 g/mol. The van der Waals surface area contributed by atoms with Gasteiger partial charge in [0.05, 0.1) is 19.8 Å². The Balaban J connectivity index is 2.75. The second kappa shape index (κ2) is 14.3. The van der Waals surface area contributed by atoms with Crippen LogP contribution in [-0.2, 0) is 16.0 Å².